The van der Waals surface area contributed by atoms with Gasteiger partial charge in [-0.05, 0) is 43.2 Å². The molecule has 0 saturated carbocycles. The Morgan fingerprint density at radius 3 is 1.90 bits per heavy atom. The Morgan fingerprint density at radius 1 is 0.871 bits per heavy atom. The van der Waals surface area contributed by atoms with E-state index in [4.69, 9.17) is 4.74 Å². The number of nitrogens with one attached hydrogen (secondary N) is 2. The van der Waals surface area contributed by atoms with Crippen LogP contribution in [0.25, 0.3) is 0 Å². The van der Waals surface area contributed by atoms with E-state index in [1.807, 2.05) is 74.5 Å². The van der Waals surface area contributed by atoms with Gasteiger partial charge in [0.15, 0.2) is 0 Å². The molecule has 0 spiro atoms. The molecule has 3 aromatic rings. The largest absolute Gasteiger partial charge is 0.496 e. The van der Waals surface area contributed by atoms with Crippen molar-refractivity contribution < 1.29 is 17.9 Å². The number of rotatable bonds is 8. The molecule has 0 bridgehead atoms. The Kier molecular flexibility index (Phi) is 7.09. The Morgan fingerprint density at radius 2 is 1.42 bits per heavy atom. The maximum atomic E-state index is 13.3. The molecule has 0 aliphatic heterocycles. The molecule has 3 rings (SSSR count). The molecule has 162 valence electrons. The number of benzene rings is 3. The first-order chi connectivity index (χ1) is 14.8. The van der Waals surface area contributed by atoms with Crippen LogP contribution in [0, 0.1) is 0 Å². The van der Waals surface area contributed by atoms with Gasteiger partial charge >= 0.3 is 0 Å². The first kappa shape index (κ1) is 22.5. The number of hydrogen-bond donors (Lipinski definition) is 2. The van der Waals surface area contributed by atoms with Gasteiger partial charge in [-0.15, -0.1) is 0 Å². The van der Waals surface area contributed by atoms with E-state index in [-0.39, 0.29) is 16.5 Å². The van der Waals surface area contributed by atoms with Crippen molar-refractivity contribution in [2.75, 3.05) is 7.11 Å². The number of amides is 1. The minimum atomic E-state index is -3.95. The zero-order chi connectivity index (χ0) is 22.4. The number of methoxy groups -OCH3 is 1. The molecule has 0 saturated heterocycles. The van der Waals surface area contributed by atoms with Crippen LogP contribution in [0.15, 0.2) is 83.8 Å². The molecule has 0 unspecified atom stereocenters. The molecule has 1 amide bonds. The van der Waals surface area contributed by atoms with Crippen molar-refractivity contribution in [3.05, 3.63) is 95.6 Å². The van der Waals surface area contributed by atoms with Crippen LogP contribution in [-0.4, -0.2) is 27.5 Å². The van der Waals surface area contributed by atoms with E-state index in [0.717, 1.165) is 11.1 Å². The van der Waals surface area contributed by atoms with Gasteiger partial charge in [-0.2, -0.15) is 4.72 Å². The Hall–Kier alpha value is -3.16. The molecule has 3 aromatic carbocycles. The molecule has 2 N–H and O–H groups in total. The van der Waals surface area contributed by atoms with Gasteiger partial charge in [-0.25, -0.2) is 8.42 Å². The van der Waals surface area contributed by atoms with Crippen molar-refractivity contribution in [2.45, 2.75) is 30.8 Å². The number of hydrogen-bond acceptors (Lipinski definition) is 4. The molecular weight excluding hydrogens is 412 g/mol. The van der Waals surface area contributed by atoms with E-state index in [0.29, 0.717) is 5.75 Å². The van der Waals surface area contributed by atoms with Gasteiger partial charge in [0.25, 0.3) is 5.91 Å². The van der Waals surface area contributed by atoms with Gasteiger partial charge in [0, 0.05) is 6.04 Å². The second-order valence-electron chi connectivity index (χ2n) is 7.37. The lowest BCUT2D eigenvalue weighted by atomic mass is 10.00. The summed E-state index contributed by atoms with van der Waals surface area (Å²) in [4.78, 5) is 12.6. The van der Waals surface area contributed by atoms with Crippen LogP contribution < -0.4 is 14.8 Å². The zero-order valence-corrected chi connectivity index (χ0v) is 18.5. The highest BCUT2D eigenvalue weighted by molar-refractivity contribution is 7.89. The van der Waals surface area contributed by atoms with Gasteiger partial charge in [0.2, 0.25) is 10.0 Å². The maximum Gasteiger partial charge on any atom is 0.255 e. The Labute approximate surface area is 183 Å². The first-order valence-electron chi connectivity index (χ1n) is 9.93. The van der Waals surface area contributed by atoms with E-state index >= 15 is 0 Å². The normalized spacial score (nSPS) is 11.5. The smallest absolute Gasteiger partial charge is 0.255 e. The van der Waals surface area contributed by atoms with Gasteiger partial charge in [-0.1, -0.05) is 60.7 Å². The van der Waals surface area contributed by atoms with E-state index in [2.05, 4.69) is 10.0 Å². The van der Waals surface area contributed by atoms with Crippen LogP contribution in [-0.2, 0) is 10.0 Å². The summed E-state index contributed by atoms with van der Waals surface area (Å²) in [7, 11) is -2.51. The van der Waals surface area contributed by atoms with Crippen LogP contribution in [0.1, 0.15) is 41.4 Å². The molecule has 31 heavy (non-hydrogen) atoms. The molecule has 0 aliphatic rings. The molecule has 0 aliphatic carbocycles. The summed E-state index contributed by atoms with van der Waals surface area (Å²) in [5.41, 5.74) is 1.78. The monoisotopic (exact) mass is 438 g/mol. The maximum absolute atomic E-state index is 13.3. The minimum Gasteiger partial charge on any atom is -0.496 e. The lowest BCUT2D eigenvalue weighted by Crippen LogP contribution is -2.32. The summed E-state index contributed by atoms with van der Waals surface area (Å²) in [6, 6.07) is 22.3. The van der Waals surface area contributed by atoms with Crippen molar-refractivity contribution in [1.82, 2.24) is 10.0 Å². The molecule has 0 aromatic heterocycles. The molecule has 7 heteroatoms. The molecule has 0 atom stereocenters. The topological polar surface area (TPSA) is 84.5 Å². The van der Waals surface area contributed by atoms with Gasteiger partial charge < -0.3 is 10.1 Å². The van der Waals surface area contributed by atoms with Gasteiger partial charge in [0.05, 0.1) is 23.6 Å². The quantitative estimate of drug-likeness (QED) is 0.559. The second kappa shape index (κ2) is 9.76. The standard InChI is InChI=1S/C24H26N2O4S/c1-17(2)25-24(27)21-16-20(14-15-22(21)30-3)31(28,29)26-23(18-10-6-4-7-11-18)19-12-8-5-9-13-19/h4-17,23,26H,1-3H3,(H,25,27). The summed E-state index contributed by atoms with van der Waals surface area (Å²) >= 11 is 0. The lowest BCUT2D eigenvalue weighted by molar-refractivity contribution is 0.0940. The van der Waals surface area contributed by atoms with E-state index in [9.17, 15) is 13.2 Å². The summed E-state index contributed by atoms with van der Waals surface area (Å²) in [5.74, 6) is -0.0914. The number of carbonyl (C=O) groups excluding carboxylic acids is 1. The van der Waals surface area contributed by atoms with Crippen LogP contribution in [0.5, 0.6) is 5.75 Å². The van der Waals surface area contributed by atoms with E-state index in [1.165, 1.54) is 25.3 Å². The average molecular weight is 439 g/mol. The average Bonchev–Trinajstić information content (AvgIpc) is 2.77. The van der Waals surface area contributed by atoms with E-state index < -0.39 is 22.0 Å². The fourth-order valence-corrected chi connectivity index (χ4v) is 4.45. The van der Waals surface area contributed by atoms with Gasteiger partial charge in [-0.3, -0.25) is 4.79 Å². The highest BCUT2D eigenvalue weighted by Crippen LogP contribution is 2.27. The predicted octanol–water partition coefficient (Wildman–Crippen LogP) is 3.90. The van der Waals surface area contributed by atoms with Crippen LogP contribution in [0.3, 0.4) is 0 Å². The summed E-state index contributed by atoms with van der Waals surface area (Å²) in [6.45, 7) is 3.66. The van der Waals surface area contributed by atoms with Crippen molar-refractivity contribution in [3.8, 4) is 5.75 Å². The molecule has 0 fully saturated rings. The molecule has 0 heterocycles. The van der Waals surface area contributed by atoms with Crippen molar-refractivity contribution >= 4 is 15.9 Å². The van der Waals surface area contributed by atoms with Crippen molar-refractivity contribution in [3.63, 3.8) is 0 Å². The van der Waals surface area contributed by atoms with Crippen LogP contribution >= 0.6 is 0 Å². The Balaban J connectivity index is 2.00. The first-order valence-corrected chi connectivity index (χ1v) is 11.4. The fourth-order valence-electron chi connectivity index (χ4n) is 3.21. The predicted molar refractivity (Wildman–Crippen MR) is 121 cm³/mol. The van der Waals surface area contributed by atoms with Crippen molar-refractivity contribution in [1.29, 1.82) is 0 Å². The fraction of sp³-hybridized carbons (Fsp3) is 0.208. The molecular formula is C24H26N2O4S. The number of sulfonamides is 1. The second-order valence-corrected chi connectivity index (χ2v) is 9.08. The third-order valence-electron chi connectivity index (χ3n) is 4.68. The summed E-state index contributed by atoms with van der Waals surface area (Å²) < 4.78 is 34.7. The lowest BCUT2D eigenvalue weighted by Gasteiger charge is -2.20. The van der Waals surface area contributed by atoms with Crippen LogP contribution in [0.4, 0.5) is 0 Å². The third kappa shape index (κ3) is 5.51. The third-order valence-corrected chi connectivity index (χ3v) is 6.10. The minimum absolute atomic E-state index is 0.0148. The molecule has 6 nitrogen and oxygen atoms in total. The number of carbonyl (C=O) groups is 1. The van der Waals surface area contributed by atoms with E-state index in [1.54, 1.807) is 0 Å². The Bertz CT molecular complexity index is 1090. The van der Waals surface area contributed by atoms with Crippen molar-refractivity contribution in [2.24, 2.45) is 0 Å². The SMILES string of the molecule is COc1ccc(S(=O)(=O)NC(c2ccccc2)c2ccccc2)cc1C(=O)NC(C)C. The summed E-state index contributed by atoms with van der Waals surface area (Å²) in [5, 5.41) is 2.77. The highest BCUT2D eigenvalue weighted by atomic mass is 32.2. The summed E-state index contributed by atoms with van der Waals surface area (Å²) in [6.07, 6.45) is 0. The zero-order valence-electron chi connectivity index (χ0n) is 17.7. The van der Waals surface area contributed by atoms with Crippen LogP contribution in [0.2, 0.25) is 0 Å². The van der Waals surface area contributed by atoms with Gasteiger partial charge in [0.1, 0.15) is 5.75 Å². The highest BCUT2D eigenvalue weighted by Gasteiger charge is 2.25. The molecule has 0 radical (unpaired) electrons. The number of ether oxygens (including phenoxy) is 1.